The van der Waals surface area contributed by atoms with Crippen molar-refractivity contribution >= 4 is 5.82 Å². The third-order valence-corrected chi connectivity index (χ3v) is 2.29. The summed E-state index contributed by atoms with van der Waals surface area (Å²) >= 11 is 0. The van der Waals surface area contributed by atoms with Gasteiger partial charge in [0.25, 0.3) is 0 Å². The minimum Gasteiger partial charge on any atom is -0.484 e. The molecule has 2 aromatic rings. The maximum atomic E-state index is 13.4. The van der Waals surface area contributed by atoms with Gasteiger partial charge >= 0.3 is 0 Å². The van der Waals surface area contributed by atoms with Crippen LogP contribution in [0.1, 0.15) is 11.3 Å². The fourth-order valence-electron chi connectivity index (χ4n) is 1.45. The Morgan fingerprint density at radius 3 is 2.88 bits per heavy atom. The van der Waals surface area contributed by atoms with E-state index in [-0.39, 0.29) is 18.2 Å². The van der Waals surface area contributed by atoms with E-state index in [9.17, 15) is 4.39 Å². The lowest BCUT2D eigenvalue weighted by molar-refractivity contribution is 0.286. The highest BCUT2D eigenvalue weighted by Gasteiger charge is 2.04. The summed E-state index contributed by atoms with van der Waals surface area (Å²) in [6.45, 7) is 2.08. The largest absolute Gasteiger partial charge is 0.484 e. The predicted molar refractivity (Wildman–Crippen MR) is 64.1 cm³/mol. The Hall–Kier alpha value is -2.10. The Kier molecular flexibility index (Phi) is 3.23. The van der Waals surface area contributed by atoms with Crippen molar-refractivity contribution in [1.29, 1.82) is 0 Å². The molecular formula is C13H13FN2O. The maximum Gasteiger partial charge on any atom is 0.165 e. The Labute approximate surface area is 99.1 Å². The van der Waals surface area contributed by atoms with E-state index < -0.39 is 0 Å². The van der Waals surface area contributed by atoms with E-state index in [0.717, 1.165) is 5.56 Å². The van der Waals surface area contributed by atoms with Crippen LogP contribution in [0.4, 0.5) is 10.2 Å². The minimum atomic E-state index is -0.375. The topological polar surface area (TPSA) is 48.1 Å². The molecule has 4 heteroatoms. The number of halogens is 1. The number of pyridine rings is 1. The van der Waals surface area contributed by atoms with Crippen LogP contribution in [0.2, 0.25) is 0 Å². The van der Waals surface area contributed by atoms with Gasteiger partial charge in [-0.3, -0.25) is 0 Å². The van der Waals surface area contributed by atoms with Crippen molar-refractivity contribution in [2.45, 2.75) is 13.5 Å². The smallest absolute Gasteiger partial charge is 0.165 e. The van der Waals surface area contributed by atoms with Crippen molar-refractivity contribution in [1.82, 2.24) is 4.98 Å². The zero-order valence-electron chi connectivity index (χ0n) is 9.48. The van der Waals surface area contributed by atoms with Gasteiger partial charge in [0.15, 0.2) is 11.6 Å². The van der Waals surface area contributed by atoms with Crippen LogP contribution in [0, 0.1) is 12.7 Å². The van der Waals surface area contributed by atoms with E-state index in [1.165, 1.54) is 6.07 Å². The second-order valence-electron chi connectivity index (χ2n) is 3.78. The maximum absolute atomic E-state index is 13.4. The standard InChI is InChI=1S/C13H13FN2O/c1-9-5-6-11(14)12(7-9)17-8-10-3-2-4-13(15)16-10/h2-7H,8H2,1H3,(H2,15,16). The molecule has 0 radical (unpaired) electrons. The van der Waals surface area contributed by atoms with Crippen LogP contribution in [0.25, 0.3) is 0 Å². The summed E-state index contributed by atoms with van der Waals surface area (Å²) in [6, 6.07) is 9.99. The summed E-state index contributed by atoms with van der Waals surface area (Å²) in [5.41, 5.74) is 7.16. The van der Waals surface area contributed by atoms with Crippen LogP contribution in [-0.4, -0.2) is 4.98 Å². The number of nitrogens with zero attached hydrogens (tertiary/aromatic N) is 1. The molecule has 0 aliphatic carbocycles. The number of hydrogen-bond acceptors (Lipinski definition) is 3. The first kappa shape index (κ1) is 11.4. The number of nitrogen functional groups attached to an aromatic ring is 1. The lowest BCUT2D eigenvalue weighted by atomic mass is 10.2. The molecule has 0 spiro atoms. The summed E-state index contributed by atoms with van der Waals surface area (Å²) in [5, 5.41) is 0. The second-order valence-corrected chi connectivity index (χ2v) is 3.78. The predicted octanol–water partition coefficient (Wildman–Crippen LogP) is 2.69. The van der Waals surface area contributed by atoms with Crippen molar-refractivity contribution in [3.8, 4) is 5.75 Å². The highest BCUT2D eigenvalue weighted by atomic mass is 19.1. The zero-order chi connectivity index (χ0) is 12.3. The third kappa shape index (κ3) is 2.93. The Bertz CT molecular complexity index is 529. The van der Waals surface area contributed by atoms with Gasteiger partial charge in [-0.1, -0.05) is 12.1 Å². The molecule has 1 aromatic heterocycles. The first-order valence-electron chi connectivity index (χ1n) is 5.25. The average molecular weight is 232 g/mol. The molecule has 3 nitrogen and oxygen atoms in total. The molecule has 0 aliphatic heterocycles. The van der Waals surface area contributed by atoms with Gasteiger partial charge in [-0.25, -0.2) is 9.37 Å². The van der Waals surface area contributed by atoms with Crippen molar-refractivity contribution in [3.05, 3.63) is 53.5 Å². The van der Waals surface area contributed by atoms with Crippen molar-refractivity contribution in [2.24, 2.45) is 0 Å². The van der Waals surface area contributed by atoms with E-state index in [1.807, 2.05) is 6.92 Å². The molecule has 1 heterocycles. The van der Waals surface area contributed by atoms with Gasteiger partial charge in [-0.15, -0.1) is 0 Å². The molecule has 17 heavy (non-hydrogen) atoms. The van der Waals surface area contributed by atoms with Crippen molar-refractivity contribution < 1.29 is 9.13 Å². The number of hydrogen-bond donors (Lipinski definition) is 1. The molecule has 0 saturated heterocycles. The average Bonchev–Trinajstić information content (AvgIpc) is 2.30. The van der Waals surface area contributed by atoms with Gasteiger partial charge in [0.2, 0.25) is 0 Å². The van der Waals surface area contributed by atoms with E-state index in [1.54, 1.807) is 30.3 Å². The molecular weight excluding hydrogens is 219 g/mol. The molecule has 2 rings (SSSR count). The summed E-state index contributed by atoms with van der Waals surface area (Å²) in [4.78, 5) is 4.07. The number of aryl methyl sites for hydroxylation is 1. The lowest BCUT2D eigenvalue weighted by Gasteiger charge is -2.07. The number of nitrogens with two attached hydrogens (primary N) is 1. The summed E-state index contributed by atoms with van der Waals surface area (Å²) in [5.74, 6) is 0.282. The molecule has 2 N–H and O–H groups in total. The summed E-state index contributed by atoms with van der Waals surface area (Å²) < 4.78 is 18.7. The summed E-state index contributed by atoms with van der Waals surface area (Å²) in [6.07, 6.45) is 0. The van der Waals surface area contributed by atoms with E-state index >= 15 is 0 Å². The second kappa shape index (κ2) is 4.82. The number of aromatic nitrogens is 1. The molecule has 88 valence electrons. The van der Waals surface area contributed by atoms with Crippen LogP contribution in [0.5, 0.6) is 5.75 Å². The van der Waals surface area contributed by atoms with Gasteiger partial charge in [-0.2, -0.15) is 0 Å². The minimum absolute atomic E-state index is 0.200. The Balaban J connectivity index is 2.09. The zero-order valence-corrected chi connectivity index (χ0v) is 9.48. The van der Waals surface area contributed by atoms with Crippen LogP contribution < -0.4 is 10.5 Å². The molecule has 0 aliphatic rings. The number of benzene rings is 1. The van der Waals surface area contributed by atoms with E-state index in [2.05, 4.69) is 4.98 Å². The highest BCUT2D eigenvalue weighted by molar-refractivity contribution is 5.31. The molecule has 0 amide bonds. The van der Waals surface area contributed by atoms with Crippen molar-refractivity contribution in [3.63, 3.8) is 0 Å². The van der Waals surface area contributed by atoms with Crippen LogP contribution >= 0.6 is 0 Å². The van der Waals surface area contributed by atoms with Crippen LogP contribution in [-0.2, 0) is 6.61 Å². The summed E-state index contributed by atoms with van der Waals surface area (Å²) in [7, 11) is 0. The van der Waals surface area contributed by atoms with E-state index in [4.69, 9.17) is 10.5 Å². The molecule has 0 bridgehead atoms. The number of anilines is 1. The number of rotatable bonds is 3. The monoisotopic (exact) mass is 232 g/mol. The normalized spacial score (nSPS) is 10.2. The molecule has 0 fully saturated rings. The Morgan fingerprint density at radius 1 is 1.29 bits per heavy atom. The Morgan fingerprint density at radius 2 is 2.12 bits per heavy atom. The fraction of sp³-hybridized carbons (Fsp3) is 0.154. The van der Waals surface area contributed by atoms with E-state index in [0.29, 0.717) is 11.5 Å². The molecule has 0 unspecified atom stereocenters. The number of ether oxygens (including phenoxy) is 1. The first-order chi connectivity index (χ1) is 8.15. The van der Waals surface area contributed by atoms with Crippen LogP contribution in [0.3, 0.4) is 0 Å². The van der Waals surface area contributed by atoms with Gasteiger partial charge in [-0.05, 0) is 36.8 Å². The van der Waals surface area contributed by atoms with Gasteiger partial charge in [0.05, 0.1) is 5.69 Å². The molecule has 1 aromatic carbocycles. The van der Waals surface area contributed by atoms with Gasteiger partial charge in [0.1, 0.15) is 12.4 Å². The van der Waals surface area contributed by atoms with Crippen LogP contribution in [0.15, 0.2) is 36.4 Å². The molecule has 0 atom stereocenters. The fourth-order valence-corrected chi connectivity index (χ4v) is 1.45. The molecule has 0 saturated carbocycles. The lowest BCUT2D eigenvalue weighted by Crippen LogP contribution is -2.01. The van der Waals surface area contributed by atoms with Crippen molar-refractivity contribution in [2.75, 3.05) is 5.73 Å². The first-order valence-corrected chi connectivity index (χ1v) is 5.25. The quantitative estimate of drug-likeness (QED) is 0.885. The van der Waals surface area contributed by atoms with Gasteiger partial charge in [0, 0.05) is 0 Å². The highest BCUT2D eigenvalue weighted by Crippen LogP contribution is 2.19. The SMILES string of the molecule is Cc1ccc(F)c(OCc2cccc(N)n2)c1. The third-order valence-electron chi connectivity index (χ3n) is 2.29. The van der Waals surface area contributed by atoms with Gasteiger partial charge < -0.3 is 10.5 Å².